The third-order valence-electron chi connectivity index (χ3n) is 4.25. The van der Waals surface area contributed by atoms with Gasteiger partial charge in [-0.05, 0) is 38.7 Å². The zero-order valence-electron chi connectivity index (χ0n) is 14.3. The quantitative estimate of drug-likeness (QED) is 0.489. The number of hydrogen-bond acceptors (Lipinski definition) is 7. The molecule has 24 heavy (non-hydrogen) atoms. The first-order chi connectivity index (χ1) is 11.5. The summed E-state index contributed by atoms with van der Waals surface area (Å²) in [6.45, 7) is 8.19. The Kier molecular flexibility index (Phi) is 4.08. The molecule has 0 fully saturated rings. The molecular formula is C17H20N4OS2. The van der Waals surface area contributed by atoms with Crippen LogP contribution in [0.5, 0.6) is 0 Å². The summed E-state index contributed by atoms with van der Waals surface area (Å²) >= 11 is 3.53. The minimum absolute atomic E-state index is 0.0689. The standard InChI is InChI=1S/C17H20N4OS2/c1-8(2)14-20-15(22-21-14)9(3)23-16-13-11-6-5-7-12(11)24-17(13)19-10(4)18-16/h8-9H,5-7H2,1-4H3. The third kappa shape index (κ3) is 2.73. The zero-order valence-corrected chi connectivity index (χ0v) is 15.9. The molecule has 3 aromatic rings. The van der Waals surface area contributed by atoms with Gasteiger partial charge in [-0.3, -0.25) is 0 Å². The maximum Gasteiger partial charge on any atom is 0.239 e. The average molecular weight is 361 g/mol. The van der Waals surface area contributed by atoms with Crippen molar-refractivity contribution in [3.05, 3.63) is 28.0 Å². The highest BCUT2D eigenvalue weighted by Gasteiger charge is 2.25. The number of rotatable bonds is 4. The molecule has 1 aliphatic carbocycles. The minimum Gasteiger partial charge on any atom is -0.338 e. The Morgan fingerprint density at radius 3 is 2.71 bits per heavy atom. The van der Waals surface area contributed by atoms with Crippen molar-refractivity contribution < 1.29 is 4.52 Å². The van der Waals surface area contributed by atoms with Crippen molar-refractivity contribution in [2.75, 3.05) is 0 Å². The summed E-state index contributed by atoms with van der Waals surface area (Å²) in [4.78, 5) is 16.5. The lowest BCUT2D eigenvalue weighted by Gasteiger charge is -2.08. The first kappa shape index (κ1) is 16.0. The lowest BCUT2D eigenvalue weighted by molar-refractivity contribution is 0.373. The van der Waals surface area contributed by atoms with Crippen molar-refractivity contribution in [1.29, 1.82) is 0 Å². The van der Waals surface area contributed by atoms with Crippen LogP contribution >= 0.6 is 23.1 Å². The molecule has 0 spiro atoms. The van der Waals surface area contributed by atoms with E-state index in [2.05, 4.69) is 35.9 Å². The van der Waals surface area contributed by atoms with Gasteiger partial charge >= 0.3 is 0 Å². The second kappa shape index (κ2) is 6.11. The predicted octanol–water partition coefficient (Wildman–Crippen LogP) is 4.85. The summed E-state index contributed by atoms with van der Waals surface area (Å²) in [5.41, 5.74) is 1.46. The van der Waals surface area contributed by atoms with Gasteiger partial charge in [0.25, 0.3) is 0 Å². The SMILES string of the molecule is Cc1nc(SC(C)c2nc(C(C)C)no2)c2c3c(sc2n1)CCC3. The Hall–Kier alpha value is -1.47. The monoisotopic (exact) mass is 360 g/mol. The van der Waals surface area contributed by atoms with Gasteiger partial charge < -0.3 is 4.52 Å². The summed E-state index contributed by atoms with van der Waals surface area (Å²) in [6.07, 6.45) is 3.56. The molecule has 0 radical (unpaired) electrons. The molecule has 3 aromatic heterocycles. The summed E-state index contributed by atoms with van der Waals surface area (Å²) in [6, 6.07) is 0. The molecule has 0 aliphatic heterocycles. The summed E-state index contributed by atoms with van der Waals surface area (Å²) < 4.78 is 5.45. The number of thiophene rings is 1. The van der Waals surface area contributed by atoms with Gasteiger partial charge in [-0.25, -0.2) is 9.97 Å². The highest BCUT2D eigenvalue weighted by molar-refractivity contribution is 7.99. The fourth-order valence-corrected chi connectivity index (χ4v) is 5.44. The van der Waals surface area contributed by atoms with Gasteiger partial charge in [-0.2, -0.15) is 4.98 Å². The van der Waals surface area contributed by atoms with Crippen LogP contribution in [-0.2, 0) is 12.8 Å². The molecule has 3 heterocycles. The first-order valence-electron chi connectivity index (χ1n) is 8.32. The van der Waals surface area contributed by atoms with E-state index >= 15 is 0 Å². The second-order valence-corrected chi connectivity index (χ2v) is 8.93. The van der Waals surface area contributed by atoms with Gasteiger partial charge in [0.15, 0.2) is 5.82 Å². The van der Waals surface area contributed by atoms with E-state index in [1.54, 1.807) is 11.8 Å². The summed E-state index contributed by atoms with van der Waals surface area (Å²) in [5.74, 6) is 2.52. The smallest absolute Gasteiger partial charge is 0.239 e. The predicted molar refractivity (Wildman–Crippen MR) is 96.8 cm³/mol. The topological polar surface area (TPSA) is 64.7 Å². The van der Waals surface area contributed by atoms with Crippen LogP contribution in [-0.4, -0.2) is 20.1 Å². The lowest BCUT2D eigenvalue weighted by atomic mass is 10.2. The number of fused-ring (bicyclic) bond motifs is 3. The molecule has 1 aliphatic rings. The molecule has 7 heteroatoms. The van der Waals surface area contributed by atoms with Crippen LogP contribution in [0.1, 0.15) is 66.3 Å². The molecule has 1 unspecified atom stereocenters. The van der Waals surface area contributed by atoms with Crippen molar-refractivity contribution in [1.82, 2.24) is 20.1 Å². The van der Waals surface area contributed by atoms with Crippen LogP contribution in [0.15, 0.2) is 9.55 Å². The fraction of sp³-hybridized carbons (Fsp3) is 0.529. The summed E-state index contributed by atoms with van der Waals surface area (Å²) in [5, 5.41) is 6.44. The van der Waals surface area contributed by atoms with Gasteiger partial charge in [0.1, 0.15) is 15.7 Å². The van der Waals surface area contributed by atoms with Crippen LogP contribution in [0.25, 0.3) is 10.2 Å². The second-order valence-electron chi connectivity index (χ2n) is 6.52. The maximum atomic E-state index is 5.45. The van der Waals surface area contributed by atoms with Crippen LogP contribution in [0.2, 0.25) is 0 Å². The van der Waals surface area contributed by atoms with Gasteiger partial charge in [-0.15, -0.1) is 11.3 Å². The van der Waals surface area contributed by atoms with Crippen LogP contribution < -0.4 is 0 Å². The molecule has 4 rings (SSSR count). The first-order valence-corrected chi connectivity index (χ1v) is 10.0. The lowest BCUT2D eigenvalue weighted by Crippen LogP contribution is -1.96. The van der Waals surface area contributed by atoms with E-state index in [0.717, 1.165) is 27.9 Å². The number of hydrogen-bond donors (Lipinski definition) is 0. The maximum absolute atomic E-state index is 5.45. The molecule has 126 valence electrons. The highest BCUT2D eigenvalue weighted by Crippen LogP contribution is 2.43. The van der Waals surface area contributed by atoms with Crippen molar-refractivity contribution >= 4 is 33.3 Å². The van der Waals surface area contributed by atoms with E-state index in [1.165, 1.54) is 28.7 Å². The van der Waals surface area contributed by atoms with E-state index in [1.807, 2.05) is 18.3 Å². The molecule has 5 nitrogen and oxygen atoms in total. The van der Waals surface area contributed by atoms with Gasteiger partial charge in [0, 0.05) is 16.2 Å². The molecule has 0 saturated heterocycles. The Bertz CT molecular complexity index is 900. The Balaban J connectivity index is 1.70. The average Bonchev–Trinajstić information content (AvgIpc) is 3.21. The Morgan fingerprint density at radius 2 is 1.96 bits per heavy atom. The molecule has 1 atom stereocenters. The molecule has 0 aromatic carbocycles. The largest absolute Gasteiger partial charge is 0.338 e. The third-order valence-corrected chi connectivity index (χ3v) is 6.51. The van der Waals surface area contributed by atoms with E-state index in [-0.39, 0.29) is 11.2 Å². The Morgan fingerprint density at radius 1 is 1.12 bits per heavy atom. The van der Waals surface area contributed by atoms with Crippen molar-refractivity contribution in [2.24, 2.45) is 0 Å². The summed E-state index contributed by atoms with van der Waals surface area (Å²) in [7, 11) is 0. The van der Waals surface area contributed by atoms with Crippen molar-refractivity contribution in [3.63, 3.8) is 0 Å². The molecular weight excluding hydrogens is 340 g/mol. The van der Waals surface area contributed by atoms with E-state index in [9.17, 15) is 0 Å². The molecule has 0 amide bonds. The van der Waals surface area contributed by atoms with Crippen molar-refractivity contribution in [2.45, 2.75) is 63.2 Å². The number of aryl methyl sites for hydroxylation is 3. The molecule has 0 N–H and O–H groups in total. The van der Waals surface area contributed by atoms with E-state index in [0.29, 0.717) is 5.89 Å². The molecule has 0 saturated carbocycles. The van der Waals surface area contributed by atoms with E-state index < -0.39 is 0 Å². The number of aromatic nitrogens is 4. The number of thioether (sulfide) groups is 1. The van der Waals surface area contributed by atoms with Gasteiger partial charge in [0.2, 0.25) is 5.89 Å². The van der Waals surface area contributed by atoms with E-state index in [4.69, 9.17) is 9.51 Å². The fourth-order valence-electron chi connectivity index (χ4n) is 3.01. The van der Waals surface area contributed by atoms with Gasteiger partial charge in [-0.1, -0.05) is 30.8 Å². The minimum atomic E-state index is 0.0689. The van der Waals surface area contributed by atoms with Crippen LogP contribution in [0.3, 0.4) is 0 Å². The number of nitrogens with zero attached hydrogens (tertiary/aromatic N) is 4. The zero-order chi connectivity index (χ0) is 16.8. The van der Waals surface area contributed by atoms with Crippen LogP contribution in [0.4, 0.5) is 0 Å². The highest BCUT2D eigenvalue weighted by atomic mass is 32.2. The van der Waals surface area contributed by atoms with Gasteiger partial charge in [0.05, 0.1) is 5.25 Å². The Labute approximate surface area is 149 Å². The molecule has 0 bridgehead atoms. The van der Waals surface area contributed by atoms with Crippen molar-refractivity contribution in [3.8, 4) is 0 Å². The normalized spacial score (nSPS) is 15.4. The van der Waals surface area contributed by atoms with Crippen LogP contribution in [0, 0.1) is 6.92 Å².